The van der Waals surface area contributed by atoms with Crippen LogP contribution in [0.5, 0.6) is 17.2 Å². The molecule has 2 rings (SSSR count). The number of halogens is 1. The van der Waals surface area contributed by atoms with Crippen LogP contribution in [0.15, 0.2) is 17.1 Å². The molecule has 2 N–H and O–H groups in total. The molecule has 178 valence electrons. The van der Waals surface area contributed by atoms with E-state index in [1.807, 2.05) is 12.1 Å². The van der Waals surface area contributed by atoms with Crippen LogP contribution in [0.1, 0.15) is 51.5 Å². The summed E-state index contributed by atoms with van der Waals surface area (Å²) in [5.41, 5.74) is 1.24. The Bertz CT molecular complexity index is 679. The summed E-state index contributed by atoms with van der Waals surface area (Å²) in [7, 11) is 4.87. The molecule has 8 heteroatoms. The molecule has 0 bridgehead atoms. The Morgan fingerprint density at radius 3 is 2.29 bits per heavy atom. The Hall–Kier alpha value is -1.42. The fraction of sp³-hybridized carbons (Fsp3) is 0.696. The van der Waals surface area contributed by atoms with Crippen LogP contribution < -0.4 is 24.8 Å². The highest BCUT2D eigenvalue weighted by molar-refractivity contribution is 14.0. The van der Waals surface area contributed by atoms with Gasteiger partial charge < -0.3 is 29.6 Å². The SMILES string of the molecule is CCNC(=NCc1ccc(OC)c(OC)c1OC)NCC1(CCOCC)CCCC1.I. The van der Waals surface area contributed by atoms with E-state index in [1.54, 1.807) is 21.3 Å². The van der Waals surface area contributed by atoms with E-state index in [0.29, 0.717) is 29.2 Å². The summed E-state index contributed by atoms with van der Waals surface area (Å²) in [6, 6.07) is 3.85. The van der Waals surface area contributed by atoms with Crippen molar-refractivity contribution < 1.29 is 18.9 Å². The molecule has 1 aliphatic carbocycles. The van der Waals surface area contributed by atoms with Gasteiger partial charge in [0, 0.05) is 31.9 Å². The number of nitrogens with one attached hydrogen (secondary N) is 2. The van der Waals surface area contributed by atoms with E-state index in [-0.39, 0.29) is 24.0 Å². The summed E-state index contributed by atoms with van der Waals surface area (Å²) < 4.78 is 22.1. The van der Waals surface area contributed by atoms with Gasteiger partial charge in [-0.15, -0.1) is 24.0 Å². The fourth-order valence-electron chi connectivity index (χ4n) is 4.14. The van der Waals surface area contributed by atoms with Gasteiger partial charge in [0.25, 0.3) is 0 Å². The lowest BCUT2D eigenvalue weighted by Crippen LogP contribution is -2.43. The van der Waals surface area contributed by atoms with Gasteiger partial charge in [-0.3, -0.25) is 0 Å². The van der Waals surface area contributed by atoms with Crippen molar-refractivity contribution in [3.8, 4) is 17.2 Å². The van der Waals surface area contributed by atoms with E-state index in [9.17, 15) is 0 Å². The van der Waals surface area contributed by atoms with E-state index in [2.05, 4.69) is 24.5 Å². The molecule has 0 radical (unpaired) electrons. The zero-order chi connectivity index (χ0) is 21.8. The molecule has 1 saturated carbocycles. The first-order valence-corrected chi connectivity index (χ1v) is 11.0. The molecule has 0 amide bonds. The van der Waals surface area contributed by atoms with E-state index in [0.717, 1.165) is 44.2 Å². The van der Waals surface area contributed by atoms with Crippen molar-refractivity contribution >= 4 is 29.9 Å². The van der Waals surface area contributed by atoms with Crippen LogP contribution in [-0.2, 0) is 11.3 Å². The third-order valence-electron chi connectivity index (χ3n) is 5.81. The van der Waals surface area contributed by atoms with Crippen LogP contribution in [0.3, 0.4) is 0 Å². The molecule has 0 aromatic heterocycles. The number of hydrogen-bond acceptors (Lipinski definition) is 5. The highest BCUT2D eigenvalue weighted by Gasteiger charge is 2.33. The van der Waals surface area contributed by atoms with Crippen molar-refractivity contribution in [3.05, 3.63) is 17.7 Å². The normalized spacial score (nSPS) is 15.2. The standard InChI is InChI=1S/C23H39N3O4.HI/c1-6-24-22(26-17-23(12-8-9-13-23)14-15-30-7-2)25-16-18-10-11-19(27-3)21(29-5)20(18)28-4;/h10-11H,6-9,12-17H2,1-5H3,(H2,24,25,26);1H. The second kappa shape index (κ2) is 14.6. The Kier molecular flexibility index (Phi) is 13.0. The van der Waals surface area contributed by atoms with Gasteiger partial charge in [-0.1, -0.05) is 12.8 Å². The lowest BCUT2D eigenvalue weighted by molar-refractivity contribution is 0.105. The summed E-state index contributed by atoms with van der Waals surface area (Å²) in [5, 5.41) is 6.94. The maximum absolute atomic E-state index is 5.64. The molecule has 0 heterocycles. The Balaban J connectivity index is 0.00000480. The second-order valence-corrected chi connectivity index (χ2v) is 7.70. The molecule has 0 saturated heterocycles. The topological polar surface area (TPSA) is 73.3 Å². The van der Waals surface area contributed by atoms with Crippen LogP contribution in [-0.4, -0.2) is 53.6 Å². The number of guanidine groups is 1. The van der Waals surface area contributed by atoms with Crippen LogP contribution in [0.4, 0.5) is 0 Å². The number of aliphatic imine (C=N–C) groups is 1. The van der Waals surface area contributed by atoms with Gasteiger partial charge in [0.05, 0.1) is 27.9 Å². The average Bonchev–Trinajstić information content (AvgIpc) is 3.24. The number of methoxy groups -OCH3 is 3. The molecule has 7 nitrogen and oxygen atoms in total. The first-order chi connectivity index (χ1) is 14.6. The smallest absolute Gasteiger partial charge is 0.203 e. The van der Waals surface area contributed by atoms with Crippen molar-refractivity contribution in [2.24, 2.45) is 10.4 Å². The minimum Gasteiger partial charge on any atom is -0.493 e. The first kappa shape index (κ1) is 27.6. The first-order valence-electron chi connectivity index (χ1n) is 11.0. The summed E-state index contributed by atoms with van der Waals surface area (Å²) >= 11 is 0. The molecule has 1 fully saturated rings. The quantitative estimate of drug-likeness (QED) is 0.175. The molecule has 0 atom stereocenters. The number of rotatable bonds is 12. The summed E-state index contributed by atoms with van der Waals surface area (Å²) in [6.45, 7) is 7.93. The van der Waals surface area contributed by atoms with E-state index in [4.69, 9.17) is 23.9 Å². The largest absolute Gasteiger partial charge is 0.493 e. The number of nitrogens with zero attached hydrogens (tertiary/aromatic N) is 1. The summed E-state index contributed by atoms with van der Waals surface area (Å²) in [4.78, 5) is 4.80. The third kappa shape index (κ3) is 7.89. The van der Waals surface area contributed by atoms with Crippen LogP contribution in [0.25, 0.3) is 0 Å². The predicted molar refractivity (Wildman–Crippen MR) is 136 cm³/mol. The molecule has 0 aliphatic heterocycles. The van der Waals surface area contributed by atoms with Crippen molar-refractivity contribution in [3.63, 3.8) is 0 Å². The van der Waals surface area contributed by atoms with E-state index < -0.39 is 0 Å². The van der Waals surface area contributed by atoms with Gasteiger partial charge in [-0.25, -0.2) is 4.99 Å². The molecule has 1 aromatic rings. The summed E-state index contributed by atoms with van der Waals surface area (Å²) in [5.74, 6) is 2.70. The maximum Gasteiger partial charge on any atom is 0.203 e. The molecular weight excluding hydrogens is 509 g/mol. The van der Waals surface area contributed by atoms with Crippen LogP contribution in [0.2, 0.25) is 0 Å². The van der Waals surface area contributed by atoms with Gasteiger partial charge in [-0.2, -0.15) is 0 Å². The number of hydrogen-bond donors (Lipinski definition) is 2. The fourth-order valence-corrected chi connectivity index (χ4v) is 4.14. The van der Waals surface area contributed by atoms with E-state index in [1.165, 1.54) is 25.7 Å². The van der Waals surface area contributed by atoms with Gasteiger partial charge in [0.1, 0.15) is 0 Å². The molecule has 31 heavy (non-hydrogen) atoms. The zero-order valence-corrected chi connectivity index (χ0v) is 22.0. The number of ether oxygens (including phenoxy) is 4. The number of benzene rings is 1. The third-order valence-corrected chi connectivity index (χ3v) is 5.81. The van der Waals surface area contributed by atoms with Crippen LogP contribution >= 0.6 is 24.0 Å². The monoisotopic (exact) mass is 549 g/mol. The molecule has 1 aliphatic rings. The minimum absolute atomic E-state index is 0. The second-order valence-electron chi connectivity index (χ2n) is 7.70. The van der Waals surface area contributed by atoms with Gasteiger partial charge >= 0.3 is 0 Å². The van der Waals surface area contributed by atoms with Crippen molar-refractivity contribution in [1.82, 2.24) is 10.6 Å². The minimum atomic E-state index is 0. The lowest BCUT2D eigenvalue weighted by atomic mass is 9.83. The highest BCUT2D eigenvalue weighted by Crippen LogP contribution is 2.41. The summed E-state index contributed by atoms with van der Waals surface area (Å²) in [6.07, 6.45) is 6.18. The zero-order valence-electron chi connectivity index (χ0n) is 19.7. The molecule has 0 spiro atoms. The Morgan fingerprint density at radius 2 is 1.71 bits per heavy atom. The van der Waals surface area contributed by atoms with Gasteiger partial charge in [0.2, 0.25) is 5.75 Å². The molecular formula is C23H40IN3O4. The van der Waals surface area contributed by atoms with Crippen molar-refractivity contribution in [1.29, 1.82) is 0 Å². The molecule has 0 unspecified atom stereocenters. The molecule has 1 aromatic carbocycles. The predicted octanol–water partition coefficient (Wildman–Crippen LogP) is 4.37. The highest BCUT2D eigenvalue weighted by atomic mass is 127. The van der Waals surface area contributed by atoms with Gasteiger partial charge in [-0.05, 0) is 50.7 Å². The van der Waals surface area contributed by atoms with Crippen LogP contribution in [0, 0.1) is 5.41 Å². The van der Waals surface area contributed by atoms with Crippen molar-refractivity contribution in [2.75, 3.05) is 47.6 Å². The average molecular weight is 549 g/mol. The van der Waals surface area contributed by atoms with E-state index >= 15 is 0 Å². The van der Waals surface area contributed by atoms with Gasteiger partial charge in [0.15, 0.2) is 17.5 Å². The lowest BCUT2D eigenvalue weighted by Gasteiger charge is -2.30. The Morgan fingerprint density at radius 1 is 1.00 bits per heavy atom. The maximum atomic E-state index is 5.64. The van der Waals surface area contributed by atoms with Crippen molar-refractivity contribution in [2.45, 2.75) is 52.5 Å². The Labute approximate surface area is 204 Å².